The zero-order valence-electron chi connectivity index (χ0n) is 21.4. The lowest BCUT2D eigenvalue weighted by molar-refractivity contribution is -0.139. The Morgan fingerprint density at radius 2 is 1.74 bits per heavy atom. The molecule has 2 aromatic carbocycles. The number of ether oxygens (including phenoxy) is 3. The Kier molecular flexibility index (Phi) is 9.42. The van der Waals surface area contributed by atoms with Crippen LogP contribution in [0.5, 0.6) is 11.5 Å². The molecule has 0 saturated carbocycles. The molecule has 0 unspecified atom stereocenters. The predicted octanol–water partition coefficient (Wildman–Crippen LogP) is 5.45. The number of halogens is 2. The monoisotopic (exact) mass is 672 g/mol. The third kappa shape index (κ3) is 6.18. The summed E-state index contributed by atoms with van der Waals surface area (Å²) >= 11 is 8.35. The van der Waals surface area contributed by atoms with Gasteiger partial charge in [-0.15, -0.1) is 0 Å². The van der Waals surface area contributed by atoms with Gasteiger partial charge in [0.05, 0.1) is 37.4 Å². The number of aromatic nitrogens is 1. The molecule has 3 aromatic rings. The summed E-state index contributed by atoms with van der Waals surface area (Å²) in [6.07, 6.45) is 5.12. The largest absolute Gasteiger partial charge is 0.490 e. The van der Waals surface area contributed by atoms with Crippen LogP contribution in [0, 0.1) is 0 Å². The van der Waals surface area contributed by atoms with Crippen LogP contribution in [0.2, 0.25) is 0 Å². The standard InChI is InChI=1S/C29H26Br2N2O5S/c1-5-12-37-20-10-8-19(9-11-20)25-24(28(35)36-7-3)17(4)32-29-33(25)27(34)23(39-29)16-18-14-21(30)26(22(31)15-18)38-13-6-2/h5-6,8-11,14-16,25H,1-2,7,12-13H2,3-4H3/b23-16-/t25-/m0/s1. The van der Waals surface area contributed by atoms with Crippen LogP contribution in [0.25, 0.3) is 6.08 Å². The Morgan fingerprint density at radius 3 is 2.36 bits per heavy atom. The summed E-state index contributed by atoms with van der Waals surface area (Å²) in [6, 6.07) is 10.3. The number of esters is 1. The number of fused-ring (bicyclic) bond motifs is 1. The van der Waals surface area contributed by atoms with Crippen LogP contribution < -0.4 is 24.4 Å². The zero-order valence-corrected chi connectivity index (χ0v) is 25.4. The minimum atomic E-state index is -0.705. The van der Waals surface area contributed by atoms with Gasteiger partial charge in [-0.2, -0.15) is 0 Å². The van der Waals surface area contributed by atoms with Gasteiger partial charge in [-0.25, -0.2) is 9.79 Å². The molecule has 0 spiro atoms. The smallest absolute Gasteiger partial charge is 0.338 e. The molecule has 202 valence electrons. The van der Waals surface area contributed by atoms with Gasteiger partial charge in [0.2, 0.25) is 0 Å². The molecule has 0 saturated heterocycles. The maximum atomic E-state index is 13.8. The summed E-state index contributed by atoms with van der Waals surface area (Å²) in [4.78, 5) is 32.0. The maximum Gasteiger partial charge on any atom is 0.338 e. The van der Waals surface area contributed by atoms with Crippen molar-refractivity contribution in [2.45, 2.75) is 19.9 Å². The predicted molar refractivity (Wildman–Crippen MR) is 160 cm³/mol. The first-order valence-corrected chi connectivity index (χ1v) is 14.4. The van der Waals surface area contributed by atoms with Crippen molar-refractivity contribution in [2.75, 3.05) is 19.8 Å². The normalized spacial score (nSPS) is 14.9. The summed E-state index contributed by atoms with van der Waals surface area (Å²) < 4.78 is 20.2. The lowest BCUT2D eigenvalue weighted by Gasteiger charge is -2.24. The van der Waals surface area contributed by atoms with Crippen LogP contribution in [0.4, 0.5) is 0 Å². The average molecular weight is 674 g/mol. The van der Waals surface area contributed by atoms with Crippen molar-refractivity contribution >= 4 is 55.2 Å². The highest BCUT2D eigenvalue weighted by Crippen LogP contribution is 2.35. The lowest BCUT2D eigenvalue weighted by Crippen LogP contribution is -2.39. The number of rotatable bonds is 10. The molecule has 10 heteroatoms. The third-order valence-electron chi connectivity index (χ3n) is 5.74. The van der Waals surface area contributed by atoms with Gasteiger partial charge in [0, 0.05) is 0 Å². The molecule has 7 nitrogen and oxygen atoms in total. The number of carbonyl (C=O) groups is 1. The van der Waals surface area contributed by atoms with Gasteiger partial charge in [0.25, 0.3) is 5.56 Å². The summed E-state index contributed by atoms with van der Waals surface area (Å²) in [5, 5.41) is 0. The second-order valence-electron chi connectivity index (χ2n) is 8.38. The van der Waals surface area contributed by atoms with Crippen molar-refractivity contribution in [2.24, 2.45) is 4.99 Å². The fourth-order valence-electron chi connectivity index (χ4n) is 4.10. The summed E-state index contributed by atoms with van der Waals surface area (Å²) in [7, 11) is 0. The van der Waals surface area contributed by atoms with E-state index < -0.39 is 12.0 Å². The van der Waals surface area contributed by atoms with Gasteiger partial charge in [-0.05, 0) is 87.2 Å². The quantitative estimate of drug-likeness (QED) is 0.211. The Morgan fingerprint density at radius 1 is 1.10 bits per heavy atom. The number of benzene rings is 2. The number of hydrogen-bond donors (Lipinski definition) is 0. The Bertz CT molecular complexity index is 1610. The first-order chi connectivity index (χ1) is 18.8. The highest BCUT2D eigenvalue weighted by atomic mass is 79.9. The SMILES string of the molecule is C=CCOc1ccc([C@H]2C(C(=O)OCC)=C(C)N=c3s/c(=C\c4cc(Br)c(OCC=C)c(Br)c4)c(=O)n32)cc1. The number of allylic oxidation sites excluding steroid dienone is 1. The molecule has 0 amide bonds. The third-order valence-corrected chi connectivity index (χ3v) is 7.91. The van der Waals surface area contributed by atoms with Crippen molar-refractivity contribution in [1.82, 2.24) is 4.57 Å². The molecular weight excluding hydrogens is 648 g/mol. The minimum Gasteiger partial charge on any atom is -0.490 e. The number of carbonyl (C=O) groups excluding carboxylic acids is 1. The molecule has 4 rings (SSSR count). The van der Waals surface area contributed by atoms with Crippen molar-refractivity contribution in [3.05, 3.63) is 113 Å². The molecule has 0 bridgehead atoms. The van der Waals surface area contributed by atoms with Crippen molar-refractivity contribution < 1.29 is 19.0 Å². The van der Waals surface area contributed by atoms with Gasteiger partial charge < -0.3 is 14.2 Å². The number of hydrogen-bond acceptors (Lipinski definition) is 7. The zero-order chi connectivity index (χ0) is 28.1. The minimum absolute atomic E-state index is 0.206. The summed E-state index contributed by atoms with van der Waals surface area (Å²) in [6.45, 7) is 11.8. The van der Waals surface area contributed by atoms with Gasteiger partial charge in [0.15, 0.2) is 4.80 Å². The molecule has 1 aliphatic heterocycles. The van der Waals surface area contributed by atoms with E-state index in [4.69, 9.17) is 14.2 Å². The fourth-order valence-corrected chi connectivity index (χ4v) is 6.60. The first kappa shape index (κ1) is 28.8. The van der Waals surface area contributed by atoms with Gasteiger partial charge in [-0.1, -0.05) is 48.8 Å². The van der Waals surface area contributed by atoms with E-state index in [-0.39, 0.29) is 12.2 Å². The highest BCUT2D eigenvalue weighted by Gasteiger charge is 2.33. The van der Waals surface area contributed by atoms with Crippen LogP contribution in [-0.4, -0.2) is 30.4 Å². The van der Waals surface area contributed by atoms with Crippen LogP contribution in [0.1, 0.15) is 31.0 Å². The number of thiazole rings is 1. The molecule has 1 atom stereocenters. The van der Waals surface area contributed by atoms with E-state index in [9.17, 15) is 9.59 Å². The molecule has 0 N–H and O–H groups in total. The van der Waals surface area contributed by atoms with Gasteiger partial charge in [0.1, 0.15) is 24.7 Å². The Balaban J connectivity index is 1.85. The topological polar surface area (TPSA) is 79.1 Å². The molecule has 39 heavy (non-hydrogen) atoms. The molecule has 1 aliphatic rings. The summed E-state index contributed by atoms with van der Waals surface area (Å²) in [5.41, 5.74) is 2.09. The van der Waals surface area contributed by atoms with E-state index in [1.54, 1.807) is 48.8 Å². The Hall–Kier alpha value is -3.21. The van der Waals surface area contributed by atoms with E-state index in [0.717, 1.165) is 20.1 Å². The van der Waals surface area contributed by atoms with Crippen LogP contribution >= 0.6 is 43.2 Å². The Labute approximate surface area is 246 Å². The molecule has 2 heterocycles. The second kappa shape index (κ2) is 12.8. The summed E-state index contributed by atoms with van der Waals surface area (Å²) in [5.74, 6) is 0.790. The fraction of sp³-hybridized carbons (Fsp3) is 0.207. The maximum absolute atomic E-state index is 13.8. The van der Waals surface area contributed by atoms with Crippen molar-refractivity contribution in [1.29, 1.82) is 0 Å². The molecule has 1 aromatic heterocycles. The van der Waals surface area contributed by atoms with Crippen LogP contribution in [-0.2, 0) is 9.53 Å². The molecule has 0 aliphatic carbocycles. The van der Waals surface area contributed by atoms with Crippen LogP contribution in [0.3, 0.4) is 0 Å². The number of nitrogens with zero attached hydrogens (tertiary/aromatic N) is 2. The molecular formula is C29H26Br2N2O5S. The lowest BCUT2D eigenvalue weighted by atomic mass is 9.96. The van der Waals surface area contributed by atoms with E-state index in [1.807, 2.05) is 24.3 Å². The van der Waals surface area contributed by atoms with E-state index >= 15 is 0 Å². The van der Waals surface area contributed by atoms with E-state index in [0.29, 0.717) is 45.3 Å². The van der Waals surface area contributed by atoms with Crippen LogP contribution in [0.15, 0.2) is 91.7 Å². The van der Waals surface area contributed by atoms with Crippen molar-refractivity contribution in [3.63, 3.8) is 0 Å². The highest BCUT2D eigenvalue weighted by molar-refractivity contribution is 9.11. The first-order valence-electron chi connectivity index (χ1n) is 12.0. The van der Waals surface area contributed by atoms with E-state index in [1.165, 1.54) is 11.3 Å². The van der Waals surface area contributed by atoms with Gasteiger partial charge >= 0.3 is 5.97 Å². The second-order valence-corrected chi connectivity index (χ2v) is 11.1. The van der Waals surface area contributed by atoms with Crippen molar-refractivity contribution in [3.8, 4) is 11.5 Å². The van der Waals surface area contributed by atoms with Gasteiger partial charge in [-0.3, -0.25) is 9.36 Å². The average Bonchev–Trinajstić information content (AvgIpc) is 3.20. The molecule has 0 radical (unpaired) electrons. The molecule has 0 fully saturated rings. The van der Waals surface area contributed by atoms with E-state index in [2.05, 4.69) is 50.0 Å².